The molecule has 0 radical (unpaired) electrons. The van der Waals surface area contributed by atoms with Crippen molar-refractivity contribution in [2.75, 3.05) is 26.8 Å². The second kappa shape index (κ2) is 7.75. The number of nitrogens with zero attached hydrogens (tertiary/aromatic N) is 2. The van der Waals surface area contributed by atoms with Crippen molar-refractivity contribution in [1.82, 2.24) is 20.9 Å². The molecule has 7 nitrogen and oxygen atoms in total. The fourth-order valence-corrected chi connectivity index (χ4v) is 1.20. The Labute approximate surface area is 99.9 Å². The van der Waals surface area contributed by atoms with Gasteiger partial charge in [0.1, 0.15) is 11.4 Å². The molecule has 7 heteroatoms. The third-order valence-electron chi connectivity index (χ3n) is 2.20. The highest BCUT2D eigenvalue weighted by Crippen LogP contribution is 1.98. The van der Waals surface area contributed by atoms with Gasteiger partial charge in [0.25, 0.3) is 0 Å². The summed E-state index contributed by atoms with van der Waals surface area (Å²) >= 11 is 0. The lowest BCUT2D eigenvalue weighted by molar-refractivity contribution is -0.121. The Balaban J connectivity index is 2.04. The molecule has 0 atom stereocenters. The van der Waals surface area contributed by atoms with Crippen molar-refractivity contribution in [2.24, 2.45) is 0 Å². The van der Waals surface area contributed by atoms with E-state index < -0.39 is 0 Å². The smallest absolute Gasteiger partial charge is 0.221 e. The van der Waals surface area contributed by atoms with Crippen molar-refractivity contribution in [3.05, 3.63) is 11.4 Å². The summed E-state index contributed by atoms with van der Waals surface area (Å²) < 4.78 is 9.38. The number of hydrogen-bond donors (Lipinski definition) is 2. The molecule has 1 rings (SSSR count). The molecule has 1 heterocycles. The van der Waals surface area contributed by atoms with Gasteiger partial charge in [-0.2, -0.15) is 0 Å². The van der Waals surface area contributed by atoms with E-state index in [0.717, 1.165) is 11.4 Å². The van der Waals surface area contributed by atoms with Crippen LogP contribution in [0.1, 0.15) is 17.8 Å². The Morgan fingerprint density at radius 3 is 2.88 bits per heavy atom. The summed E-state index contributed by atoms with van der Waals surface area (Å²) in [5, 5.41) is 13.2. The third-order valence-corrected chi connectivity index (χ3v) is 2.20. The monoisotopic (exact) mass is 242 g/mol. The molecule has 0 aliphatic rings. The van der Waals surface area contributed by atoms with Gasteiger partial charge in [-0.15, -0.1) is 0 Å². The first-order chi connectivity index (χ1) is 8.24. The molecule has 1 amide bonds. The first-order valence-electron chi connectivity index (χ1n) is 5.48. The van der Waals surface area contributed by atoms with Gasteiger partial charge < -0.3 is 15.4 Å². The van der Waals surface area contributed by atoms with Gasteiger partial charge in [0.15, 0.2) is 0 Å². The van der Waals surface area contributed by atoms with Crippen LogP contribution in [0.5, 0.6) is 0 Å². The predicted octanol–water partition coefficient (Wildman–Crippen LogP) is -0.380. The third kappa shape index (κ3) is 5.41. The lowest BCUT2D eigenvalue weighted by atomic mass is 10.3. The van der Waals surface area contributed by atoms with Crippen LogP contribution in [0.2, 0.25) is 0 Å². The molecular weight excluding hydrogens is 224 g/mol. The molecule has 2 N–H and O–H groups in total. The van der Waals surface area contributed by atoms with Gasteiger partial charge in [0.2, 0.25) is 5.91 Å². The number of hydrogen-bond acceptors (Lipinski definition) is 6. The normalized spacial score (nSPS) is 10.5. The van der Waals surface area contributed by atoms with E-state index >= 15 is 0 Å². The zero-order valence-corrected chi connectivity index (χ0v) is 10.2. The summed E-state index contributed by atoms with van der Waals surface area (Å²) in [6.07, 6.45) is 0.425. The van der Waals surface area contributed by atoms with Crippen LogP contribution in [-0.4, -0.2) is 43.0 Å². The lowest BCUT2D eigenvalue weighted by Gasteiger charge is -2.04. The highest BCUT2D eigenvalue weighted by atomic mass is 16.6. The van der Waals surface area contributed by atoms with E-state index in [1.54, 1.807) is 7.11 Å². The van der Waals surface area contributed by atoms with Gasteiger partial charge in [0, 0.05) is 33.2 Å². The minimum Gasteiger partial charge on any atom is -0.383 e. The number of carbonyl (C=O) groups excluding carboxylic acids is 1. The fourth-order valence-electron chi connectivity index (χ4n) is 1.20. The summed E-state index contributed by atoms with van der Waals surface area (Å²) in [7, 11) is 1.60. The SMILES string of the molecule is COCCNC(=O)CCNCc1nonc1C. The Bertz CT molecular complexity index is 340. The molecule has 0 aromatic carbocycles. The van der Waals surface area contributed by atoms with E-state index in [0.29, 0.717) is 32.7 Å². The zero-order valence-electron chi connectivity index (χ0n) is 10.2. The van der Waals surface area contributed by atoms with E-state index in [-0.39, 0.29) is 5.91 Å². The van der Waals surface area contributed by atoms with Gasteiger partial charge in [-0.05, 0) is 6.92 Å². The van der Waals surface area contributed by atoms with Crippen molar-refractivity contribution in [3.63, 3.8) is 0 Å². The maximum absolute atomic E-state index is 11.3. The van der Waals surface area contributed by atoms with E-state index in [1.807, 2.05) is 6.92 Å². The molecule has 0 bridgehead atoms. The van der Waals surface area contributed by atoms with Crippen LogP contribution < -0.4 is 10.6 Å². The molecule has 0 aliphatic heterocycles. The Kier molecular flexibility index (Phi) is 6.19. The van der Waals surface area contributed by atoms with Gasteiger partial charge in [-0.25, -0.2) is 4.63 Å². The van der Waals surface area contributed by atoms with Crippen LogP contribution in [0.25, 0.3) is 0 Å². The van der Waals surface area contributed by atoms with E-state index in [1.165, 1.54) is 0 Å². The number of rotatable bonds is 8. The van der Waals surface area contributed by atoms with Crippen LogP contribution in [0.15, 0.2) is 4.63 Å². The van der Waals surface area contributed by atoms with Gasteiger partial charge in [0.05, 0.1) is 6.61 Å². The quantitative estimate of drug-likeness (QED) is 0.604. The zero-order chi connectivity index (χ0) is 12.5. The number of ether oxygens (including phenoxy) is 1. The Morgan fingerprint density at radius 2 is 2.24 bits per heavy atom. The average Bonchev–Trinajstić information content (AvgIpc) is 2.71. The average molecular weight is 242 g/mol. The first kappa shape index (κ1) is 13.6. The van der Waals surface area contributed by atoms with Crippen molar-refractivity contribution >= 4 is 5.91 Å². The molecular formula is C10H18N4O3. The largest absolute Gasteiger partial charge is 0.383 e. The number of nitrogens with one attached hydrogen (secondary N) is 2. The second-order valence-electron chi connectivity index (χ2n) is 3.57. The summed E-state index contributed by atoms with van der Waals surface area (Å²) in [6.45, 7) is 4.04. The second-order valence-corrected chi connectivity index (χ2v) is 3.57. The minimum absolute atomic E-state index is 0.00421. The van der Waals surface area contributed by atoms with E-state index in [2.05, 4.69) is 25.6 Å². The molecule has 1 aromatic heterocycles. The fraction of sp³-hybridized carbons (Fsp3) is 0.700. The Morgan fingerprint density at radius 1 is 1.41 bits per heavy atom. The molecule has 0 aliphatic carbocycles. The molecule has 1 aromatic rings. The molecule has 0 spiro atoms. The number of methoxy groups -OCH3 is 1. The molecule has 0 fully saturated rings. The highest BCUT2D eigenvalue weighted by Gasteiger charge is 2.04. The number of amides is 1. The van der Waals surface area contributed by atoms with Gasteiger partial charge in [-0.1, -0.05) is 10.3 Å². The predicted molar refractivity (Wildman–Crippen MR) is 60.2 cm³/mol. The molecule has 0 unspecified atom stereocenters. The molecule has 0 saturated carbocycles. The van der Waals surface area contributed by atoms with Crippen molar-refractivity contribution in [1.29, 1.82) is 0 Å². The van der Waals surface area contributed by atoms with E-state index in [4.69, 9.17) is 4.74 Å². The van der Waals surface area contributed by atoms with Crippen molar-refractivity contribution in [2.45, 2.75) is 19.9 Å². The summed E-state index contributed by atoms with van der Waals surface area (Å²) in [4.78, 5) is 11.3. The number of aromatic nitrogens is 2. The molecule has 96 valence electrons. The summed E-state index contributed by atoms with van der Waals surface area (Å²) in [5.74, 6) is 0.00421. The standard InChI is InChI=1S/C10H18N4O3/c1-8-9(14-17-13-8)7-11-4-3-10(15)12-5-6-16-2/h11H,3-7H2,1-2H3,(H,12,15). The summed E-state index contributed by atoms with van der Waals surface area (Å²) in [5.41, 5.74) is 1.53. The molecule has 0 saturated heterocycles. The van der Waals surface area contributed by atoms with Crippen LogP contribution in [0.4, 0.5) is 0 Å². The van der Waals surface area contributed by atoms with E-state index in [9.17, 15) is 4.79 Å². The van der Waals surface area contributed by atoms with Crippen LogP contribution in [0.3, 0.4) is 0 Å². The first-order valence-corrected chi connectivity index (χ1v) is 5.48. The van der Waals surface area contributed by atoms with Crippen LogP contribution in [0, 0.1) is 6.92 Å². The lowest BCUT2D eigenvalue weighted by Crippen LogP contribution is -2.30. The highest BCUT2D eigenvalue weighted by molar-refractivity contribution is 5.75. The topological polar surface area (TPSA) is 89.3 Å². The Hall–Kier alpha value is -1.47. The van der Waals surface area contributed by atoms with Crippen LogP contribution in [-0.2, 0) is 16.1 Å². The molecule has 17 heavy (non-hydrogen) atoms. The maximum Gasteiger partial charge on any atom is 0.221 e. The summed E-state index contributed by atoms with van der Waals surface area (Å²) in [6, 6.07) is 0. The van der Waals surface area contributed by atoms with Crippen molar-refractivity contribution in [3.8, 4) is 0 Å². The van der Waals surface area contributed by atoms with Gasteiger partial charge in [-0.3, -0.25) is 4.79 Å². The maximum atomic E-state index is 11.3. The van der Waals surface area contributed by atoms with Crippen molar-refractivity contribution < 1.29 is 14.2 Å². The number of carbonyl (C=O) groups is 1. The van der Waals surface area contributed by atoms with Crippen LogP contribution >= 0.6 is 0 Å². The number of aryl methyl sites for hydroxylation is 1. The minimum atomic E-state index is 0.00421. The van der Waals surface area contributed by atoms with Gasteiger partial charge >= 0.3 is 0 Å².